The third-order valence-electron chi connectivity index (χ3n) is 4.89. The molecule has 26 heavy (non-hydrogen) atoms. The molecule has 0 saturated carbocycles. The van der Waals surface area contributed by atoms with Gasteiger partial charge in [0.05, 0.1) is 7.11 Å². The number of rotatable bonds is 5. The Hall–Kier alpha value is -2.28. The van der Waals surface area contributed by atoms with Crippen molar-refractivity contribution < 1.29 is 19.1 Å². The van der Waals surface area contributed by atoms with Gasteiger partial charge in [-0.15, -0.1) is 0 Å². The first-order valence-electron chi connectivity index (χ1n) is 8.85. The minimum absolute atomic E-state index is 0.216. The van der Waals surface area contributed by atoms with Gasteiger partial charge in [0, 0.05) is 18.5 Å². The Balaban J connectivity index is 1.98. The molecule has 0 aromatic heterocycles. The average Bonchev–Trinajstić information content (AvgIpc) is 2.78. The first-order valence-corrected chi connectivity index (χ1v) is 8.85. The number of nitrogens with one attached hydrogen (secondary N) is 1. The summed E-state index contributed by atoms with van der Waals surface area (Å²) in [4.78, 5) is 29.3. The monoisotopic (exact) mass is 361 g/mol. The summed E-state index contributed by atoms with van der Waals surface area (Å²) in [5.41, 5.74) is -1.03. The molecule has 142 valence electrons. The van der Waals surface area contributed by atoms with Crippen molar-refractivity contribution in [1.82, 2.24) is 15.1 Å². The van der Waals surface area contributed by atoms with Crippen LogP contribution in [-0.4, -0.2) is 61.6 Å². The van der Waals surface area contributed by atoms with E-state index in [1.165, 1.54) is 4.90 Å². The Morgan fingerprint density at radius 3 is 2.69 bits per heavy atom. The summed E-state index contributed by atoms with van der Waals surface area (Å²) in [5, 5.41) is 2.96. The SMILES string of the molecule is COc1ccc2c(c1)C1(CC(C)(C)O2)NC(=O)N(CCCN(C)C)C1=O. The van der Waals surface area contributed by atoms with E-state index in [9.17, 15) is 9.59 Å². The Morgan fingerprint density at radius 1 is 1.31 bits per heavy atom. The molecule has 1 unspecified atom stereocenters. The molecule has 3 rings (SSSR count). The number of nitrogens with zero attached hydrogens (tertiary/aromatic N) is 2. The summed E-state index contributed by atoms with van der Waals surface area (Å²) >= 11 is 0. The Morgan fingerprint density at radius 2 is 2.04 bits per heavy atom. The van der Waals surface area contributed by atoms with Crippen LogP contribution in [0.25, 0.3) is 0 Å². The third kappa shape index (κ3) is 3.11. The summed E-state index contributed by atoms with van der Waals surface area (Å²) in [7, 11) is 5.51. The third-order valence-corrected chi connectivity index (χ3v) is 4.89. The van der Waals surface area contributed by atoms with Gasteiger partial charge in [-0.3, -0.25) is 9.69 Å². The van der Waals surface area contributed by atoms with E-state index in [4.69, 9.17) is 9.47 Å². The van der Waals surface area contributed by atoms with Crippen LogP contribution in [0.4, 0.5) is 4.79 Å². The predicted molar refractivity (Wildman–Crippen MR) is 97.4 cm³/mol. The zero-order chi connectivity index (χ0) is 19.1. The molecule has 3 amide bonds. The molecule has 0 aliphatic carbocycles. The van der Waals surface area contributed by atoms with Gasteiger partial charge in [0.15, 0.2) is 5.54 Å². The van der Waals surface area contributed by atoms with Crippen molar-refractivity contribution >= 4 is 11.9 Å². The zero-order valence-electron chi connectivity index (χ0n) is 16.1. The molecular weight excluding hydrogens is 334 g/mol. The zero-order valence-corrected chi connectivity index (χ0v) is 16.1. The highest BCUT2D eigenvalue weighted by Gasteiger charge is 2.58. The Bertz CT molecular complexity index is 731. The first-order chi connectivity index (χ1) is 12.2. The van der Waals surface area contributed by atoms with E-state index in [1.54, 1.807) is 25.3 Å². The standard InChI is InChI=1S/C19H27N3O4/c1-18(2)12-19(14-11-13(25-5)7-8-15(14)26-18)16(23)22(17(24)20-19)10-6-9-21(3)4/h7-8,11H,6,9-10,12H2,1-5H3,(H,20,24). The van der Waals surface area contributed by atoms with Crippen LogP contribution < -0.4 is 14.8 Å². The van der Waals surface area contributed by atoms with Crippen LogP contribution in [0.15, 0.2) is 18.2 Å². The second-order valence-corrected chi connectivity index (χ2v) is 7.85. The van der Waals surface area contributed by atoms with E-state index in [0.717, 1.165) is 13.0 Å². The van der Waals surface area contributed by atoms with Crippen molar-refractivity contribution in [1.29, 1.82) is 0 Å². The van der Waals surface area contributed by atoms with Crippen LogP contribution in [0.5, 0.6) is 11.5 Å². The number of amides is 3. The van der Waals surface area contributed by atoms with Gasteiger partial charge in [0.1, 0.15) is 17.1 Å². The van der Waals surface area contributed by atoms with Gasteiger partial charge in [0.2, 0.25) is 0 Å². The second-order valence-electron chi connectivity index (χ2n) is 7.85. The van der Waals surface area contributed by atoms with Gasteiger partial charge in [0.25, 0.3) is 5.91 Å². The Kier molecular flexibility index (Phi) is 4.60. The van der Waals surface area contributed by atoms with E-state index in [0.29, 0.717) is 30.0 Å². The summed E-state index contributed by atoms with van der Waals surface area (Å²) < 4.78 is 11.4. The fourth-order valence-electron chi connectivity index (χ4n) is 3.80. The fourth-order valence-corrected chi connectivity index (χ4v) is 3.80. The van der Waals surface area contributed by atoms with Crippen molar-refractivity contribution in [3.8, 4) is 11.5 Å². The van der Waals surface area contributed by atoms with Gasteiger partial charge < -0.3 is 19.7 Å². The molecule has 0 radical (unpaired) electrons. The van der Waals surface area contributed by atoms with Crippen LogP contribution in [0, 0.1) is 0 Å². The summed E-state index contributed by atoms with van der Waals surface area (Å²) in [6.45, 7) is 5.06. The van der Waals surface area contributed by atoms with Crippen molar-refractivity contribution in [3.05, 3.63) is 23.8 Å². The van der Waals surface area contributed by atoms with Gasteiger partial charge in [-0.1, -0.05) is 0 Å². The number of ether oxygens (including phenoxy) is 2. The molecule has 2 aliphatic rings. The molecule has 7 heteroatoms. The number of fused-ring (bicyclic) bond motifs is 2. The van der Waals surface area contributed by atoms with Gasteiger partial charge in [-0.2, -0.15) is 0 Å². The highest BCUT2D eigenvalue weighted by molar-refractivity contribution is 6.08. The van der Waals surface area contributed by atoms with Crippen molar-refractivity contribution in [3.63, 3.8) is 0 Å². The highest BCUT2D eigenvalue weighted by Crippen LogP contribution is 2.47. The maximum atomic E-state index is 13.4. The average molecular weight is 361 g/mol. The van der Waals surface area contributed by atoms with Gasteiger partial charge in [-0.05, 0) is 59.1 Å². The lowest BCUT2D eigenvalue weighted by Gasteiger charge is -2.42. The summed E-state index contributed by atoms with van der Waals surface area (Å²) in [6.07, 6.45) is 1.10. The molecule has 0 bridgehead atoms. The molecule has 1 fully saturated rings. The van der Waals surface area contributed by atoms with Gasteiger partial charge >= 0.3 is 6.03 Å². The van der Waals surface area contributed by atoms with Crippen molar-refractivity contribution in [2.75, 3.05) is 34.3 Å². The molecule has 7 nitrogen and oxygen atoms in total. The van der Waals surface area contributed by atoms with Crippen molar-refractivity contribution in [2.24, 2.45) is 0 Å². The molecule has 1 aromatic carbocycles. The van der Waals surface area contributed by atoms with E-state index < -0.39 is 11.1 Å². The number of imide groups is 1. The molecule has 2 heterocycles. The fraction of sp³-hybridized carbons (Fsp3) is 0.579. The van der Waals surface area contributed by atoms with Crippen LogP contribution >= 0.6 is 0 Å². The van der Waals surface area contributed by atoms with Crippen molar-refractivity contribution in [2.45, 2.75) is 37.8 Å². The molecule has 2 aliphatic heterocycles. The molecule has 1 N–H and O–H groups in total. The molecule has 1 spiro atoms. The topological polar surface area (TPSA) is 71.1 Å². The summed E-state index contributed by atoms with van der Waals surface area (Å²) in [6, 6.07) is 5.03. The second kappa shape index (κ2) is 6.46. The number of hydrogen-bond donors (Lipinski definition) is 1. The number of carbonyl (C=O) groups excluding carboxylic acids is 2. The first kappa shape index (κ1) is 18.5. The van der Waals surface area contributed by atoms with Crippen LogP contribution in [0.3, 0.4) is 0 Å². The van der Waals surface area contributed by atoms with Crippen LogP contribution in [0.1, 0.15) is 32.3 Å². The quantitative estimate of drug-likeness (QED) is 0.812. The maximum Gasteiger partial charge on any atom is 0.325 e. The minimum atomic E-state index is -1.11. The number of methoxy groups -OCH3 is 1. The predicted octanol–water partition coefficient (Wildman–Crippen LogP) is 1.96. The van der Waals surface area contributed by atoms with Crippen LogP contribution in [-0.2, 0) is 10.3 Å². The smallest absolute Gasteiger partial charge is 0.325 e. The van der Waals surface area contributed by atoms with E-state index in [1.807, 2.05) is 32.8 Å². The normalized spacial score (nSPS) is 23.8. The van der Waals surface area contributed by atoms with E-state index in [2.05, 4.69) is 5.32 Å². The molecule has 1 atom stereocenters. The molecule has 1 aromatic rings. The number of carbonyl (C=O) groups is 2. The lowest BCUT2D eigenvalue weighted by Crippen LogP contribution is -2.53. The maximum absolute atomic E-state index is 13.4. The largest absolute Gasteiger partial charge is 0.497 e. The Labute approximate surface area is 154 Å². The number of benzene rings is 1. The van der Waals surface area contributed by atoms with Crippen LogP contribution in [0.2, 0.25) is 0 Å². The van der Waals surface area contributed by atoms with Gasteiger partial charge in [-0.25, -0.2) is 4.79 Å². The minimum Gasteiger partial charge on any atom is -0.497 e. The highest BCUT2D eigenvalue weighted by atomic mass is 16.5. The van der Waals surface area contributed by atoms with E-state index >= 15 is 0 Å². The van der Waals surface area contributed by atoms with E-state index in [-0.39, 0.29) is 11.9 Å². The number of hydrogen-bond acceptors (Lipinski definition) is 5. The summed E-state index contributed by atoms with van der Waals surface area (Å²) in [5.74, 6) is 1.01. The number of urea groups is 1. The molecule has 1 saturated heterocycles. The lowest BCUT2D eigenvalue weighted by atomic mass is 9.77. The molecular formula is C19H27N3O4. The lowest BCUT2D eigenvalue weighted by molar-refractivity contribution is -0.134.